The van der Waals surface area contributed by atoms with Gasteiger partial charge in [0.15, 0.2) is 0 Å². The van der Waals surface area contributed by atoms with Crippen molar-refractivity contribution in [2.45, 2.75) is 84.1 Å². The van der Waals surface area contributed by atoms with Crippen LogP contribution in [0.25, 0.3) is 0 Å². The minimum Gasteiger partial charge on any atom is -0.325 e. The average Bonchev–Trinajstić information content (AvgIpc) is 2.41. The van der Waals surface area contributed by atoms with Crippen molar-refractivity contribution in [2.24, 2.45) is 23.0 Å². The summed E-state index contributed by atoms with van der Waals surface area (Å²) < 4.78 is 0. The first kappa shape index (κ1) is 13.4. The molecule has 17 heavy (non-hydrogen) atoms. The Bertz CT molecular complexity index is 250. The fourth-order valence-electron chi connectivity index (χ4n) is 4.86. The average molecular weight is 237 g/mol. The van der Waals surface area contributed by atoms with Crippen molar-refractivity contribution in [3.63, 3.8) is 0 Å². The lowest BCUT2D eigenvalue weighted by Gasteiger charge is -2.49. The highest BCUT2D eigenvalue weighted by molar-refractivity contribution is 5.00. The quantitative estimate of drug-likeness (QED) is 0.668. The van der Waals surface area contributed by atoms with Crippen LogP contribution in [0.3, 0.4) is 0 Å². The van der Waals surface area contributed by atoms with E-state index in [-0.39, 0.29) is 5.54 Å². The molecule has 2 aliphatic rings. The minimum atomic E-state index is 0.144. The lowest BCUT2D eigenvalue weighted by atomic mass is 9.59. The van der Waals surface area contributed by atoms with Crippen LogP contribution >= 0.6 is 0 Å². The molecule has 0 spiro atoms. The lowest BCUT2D eigenvalue weighted by molar-refractivity contribution is 0.0606. The van der Waals surface area contributed by atoms with Crippen molar-refractivity contribution in [3.8, 4) is 0 Å². The van der Waals surface area contributed by atoms with E-state index < -0.39 is 0 Å². The smallest absolute Gasteiger partial charge is 0.0190 e. The van der Waals surface area contributed by atoms with Crippen LogP contribution in [0.1, 0.15) is 78.6 Å². The third-order valence-corrected chi connectivity index (χ3v) is 5.11. The van der Waals surface area contributed by atoms with Crippen LogP contribution < -0.4 is 5.73 Å². The Balaban J connectivity index is 2.10. The molecular formula is C16H31N. The molecule has 0 heterocycles. The molecule has 0 aromatic heterocycles. The summed E-state index contributed by atoms with van der Waals surface area (Å²) in [4.78, 5) is 0. The molecule has 2 unspecified atom stereocenters. The number of hydrogen-bond acceptors (Lipinski definition) is 1. The standard InChI is InChI=1S/C16H31N/c1-13-10-15(2,3)12-16(17,11-13)14-8-6-4-5-7-9-14/h13-14H,4-12,17H2,1-3H3. The van der Waals surface area contributed by atoms with Gasteiger partial charge in [0.2, 0.25) is 0 Å². The van der Waals surface area contributed by atoms with Crippen molar-refractivity contribution in [2.75, 3.05) is 0 Å². The number of rotatable bonds is 1. The zero-order valence-electron chi connectivity index (χ0n) is 12.1. The first-order valence-corrected chi connectivity index (χ1v) is 7.70. The predicted molar refractivity (Wildman–Crippen MR) is 74.9 cm³/mol. The maximum atomic E-state index is 6.87. The summed E-state index contributed by atoms with van der Waals surface area (Å²) in [7, 11) is 0. The Kier molecular flexibility index (Phi) is 3.87. The molecule has 0 aromatic rings. The third-order valence-electron chi connectivity index (χ3n) is 5.11. The Morgan fingerprint density at radius 2 is 1.53 bits per heavy atom. The minimum absolute atomic E-state index is 0.144. The highest BCUT2D eigenvalue weighted by Gasteiger charge is 2.44. The molecule has 2 rings (SSSR count). The summed E-state index contributed by atoms with van der Waals surface area (Å²) >= 11 is 0. The van der Waals surface area contributed by atoms with E-state index in [1.54, 1.807) is 0 Å². The number of hydrogen-bond donors (Lipinski definition) is 1. The zero-order valence-corrected chi connectivity index (χ0v) is 12.1. The summed E-state index contributed by atoms with van der Waals surface area (Å²) in [6.45, 7) is 7.24. The van der Waals surface area contributed by atoms with E-state index in [0.29, 0.717) is 5.41 Å². The van der Waals surface area contributed by atoms with Crippen LogP contribution in [0.5, 0.6) is 0 Å². The molecule has 0 bridgehead atoms. The van der Waals surface area contributed by atoms with E-state index in [0.717, 1.165) is 11.8 Å². The molecule has 100 valence electrons. The van der Waals surface area contributed by atoms with Gasteiger partial charge in [-0.2, -0.15) is 0 Å². The molecule has 2 atom stereocenters. The van der Waals surface area contributed by atoms with Gasteiger partial charge in [0.25, 0.3) is 0 Å². The van der Waals surface area contributed by atoms with E-state index in [1.165, 1.54) is 57.8 Å². The van der Waals surface area contributed by atoms with E-state index in [1.807, 2.05) is 0 Å². The normalized spacial score (nSPS) is 39.9. The maximum absolute atomic E-state index is 6.87. The van der Waals surface area contributed by atoms with Gasteiger partial charge in [-0.3, -0.25) is 0 Å². The summed E-state index contributed by atoms with van der Waals surface area (Å²) in [5.41, 5.74) is 7.47. The van der Waals surface area contributed by atoms with Gasteiger partial charge in [0.1, 0.15) is 0 Å². The van der Waals surface area contributed by atoms with Crippen molar-refractivity contribution < 1.29 is 0 Å². The molecule has 2 aliphatic carbocycles. The monoisotopic (exact) mass is 237 g/mol. The Hall–Kier alpha value is -0.0400. The van der Waals surface area contributed by atoms with Gasteiger partial charge in [0, 0.05) is 5.54 Å². The van der Waals surface area contributed by atoms with Gasteiger partial charge in [0.05, 0.1) is 0 Å². The molecule has 2 N–H and O–H groups in total. The molecule has 0 aliphatic heterocycles. The van der Waals surface area contributed by atoms with Gasteiger partial charge in [-0.05, 0) is 49.4 Å². The van der Waals surface area contributed by atoms with Gasteiger partial charge in [-0.1, -0.05) is 46.5 Å². The summed E-state index contributed by atoms with van der Waals surface area (Å²) in [6, 6.07) is 0. The third kappa shape index (κ3) is 3.24. The summed E-state index contributed by atoms with van der Waals surface area (Å²) in [5, 5.41) is 0. The van der Waals surface area contributed by atoms with Crippen LogP contribution in [0.2, 0.25) is 0 Å². The second-order valence-electron chi connectivity index (χ2n) is 7.78. The second-order valence-corrected chi connectivity index (χ2v) is 7.78. The Morgan fingerprint density at radius 3 is 2.06 bits per heavy atom. The largest absolute Gasteiger partial charge is 0.325 e. The molecule has 1 nitrogen and oxygen atoms in total. The fraction of sp³-hybridized carbons (Fsp3) is 1.00. The van der Waals surface area contributed by atoms with E-state index in [9.17, 15) is 0 Å². The van der Waals surface area contributed by atoms with Gasteiger partial charge < -0.3 is 5.73 Å². The second kappa shape index (κ2) is 4.91. The van der Waals surface area contributed by atoms with E-state index in [4.69, 9.17) is 5.73 Å². The van der Waals surface area contributed by atoms with Gasteiger partial charge in [-0.15, -0.1) is 0 Å². The molecule has 0 amide bonds. The first-order valence-electron chi connectivity index (χ1n) is 7.70. The van der Waals surface area contributed by atoms with Crippen LogP contribution in [-0.4, -0.2) is 5.54 Å². The number of nitrogens with two attached hydrogens (primary N) is 1. The first-order chi connectivity index (χ1) is 7.91. The molecule has 2 saturated carbocycles. The molecule has 2 fully saturated rings. The predicted octanol–water partition coefficient (Wildman–Crippen LogP) is 4.50. The molecule has 0 saturated heterocycles. The highest BCUT2D eigenvalue weighted by atomic mass is 14.8. The van der Waals surface area contributed by atoms with Crippen molar-refractivity contribution in [3.05, 3.63) is 0 Å². The van der Waals surface area contributed by atoms with Crippen LogP contribution in [0.15, 0.2) is 0 Å². The topological polar surface area (TPSA) is 26.0 Å². The van der Waals surface area contributed by atoms with Crippen molar-refractivity contribution >= 4 is 0 Å². The maximum Gasteiger partial charge on any atom is 0.0190 e. The van der Waals surface area contributed by atoms with Crippen LogP contribution in [0, 0.1) is 17.3 Å². The zero-order chi connectivity index (χ0) is 12.5. The molecule has 0 radical (unpaired) electrons. The van der Waals surface area contributed by atoms with Crippen LogP contribution in [-0.2, 0) is 0 Å². The summed E-state index contributed by atoms with van der Waals surface area (Å²) in [6.07, 6.45) is 12.3. The molecule has 0 aromatic carbocycles. The lowest BCUT2D eigenvalue weighted by Crippen LogP contribution is -2.54. The summed E-state index contributed by atoms with van der Waals surface area (Å²) in [5.74, 6) is 1.61. The Labute approximate surface area is 108 Å². The molecular weight excluding hydrogens is 206 g/mol. The fourth-order valence-corrected chi connectivity index (χ4v) is 4.86. The van der Waals surface area contributed by atoms with Crippen molar-refractivity contribution in [1.29, 1.82) is 0 Å². The van der Waals surface area contributed by atoms with E-state index in [2.05, 4.69) is 20.8 Å². The van der Waals surface area contributed by atoms with Gasteiger partial charge in [-0.25, -0.2) is 0 Å². The van der Waals surface area contributed by atoms with Crippen molar-refractivity contribution in [1.82, 2.24) is 0 Å². The molecule has 1 heteroatoms. The van der Waals surface area contributed by atoms with E-state index >= 15 is 0 Å². The van der Waals surface area contributed by atoms with Gasteiger partial charge >= 0.3 is 0 Å². The highest BCUT2D eigenvalue weighted by Crippen LogP contribution is 2.48. The van der Waals surface area contributed by atoms with Crippen LogP contribution in [0.4, 0.5) is 0 Å². The SMILES string of the molecule is CC1CC(C)(C)CC(N)(C2CCCCCC2)C1. The Morgan fingerprint density at radius 1 is 0.941 bits per heavy atom.